The molecule has 0 saturated carbocycles. The molecule has 1 aliphatic heterocycles. The van der Waals surface area contributed by atoms with Gasteiger partial charge in [-0.2, -0.15) is 0 Å². The molecule has 0 unspecified atom stereocenters. The normalized spacial score (nSPS) is 27.8. The molecule has 4 heteroatoms. The molecule has 12 heavy (non-hydrogen) atoms. The third-order valence-corrected chi connectivity index (χ3v) is 2.77. The van der Waals surface area contributed by atoms with Crippen molar-refractivity contribution in [3.63, 3.8) is 0 Å². The monoisotopic (exact) mass is 171 g/mol. The number of hydrogen-bond donors (Lipinski definition) is 1. The minimum atomic E-state index is -0.891. The van der Waals surface area contributed by atoms with Crippen LogP contribution in [0.5, 0.6) is 0 Å². The minimum absolute atomic E-state index is 0.0904. The van der Waals surface area contributed by atoms with Crippen LogP contribution in [0.3, 0.4) is 0 Å². The molecule has 0 bridgehead atoms. The number of carboxylic acids is 1. The summed E-state index contributed by atoms with van der Waals surface area (Å²) in [7, 11) is 1.64. The molecule has 1 rings (SSSR count). The van der Waals surface area contributed by atoms with Gasteiger partial charge < -0.3 is 10.0 Å². The largest absolute Gasteiger partial charge is 0.481 e. The Bertz CT molecular complexity index is 234. The number of carboxylic acid groups (broad SMARTS) is 1. The van der Waals surface area contributed by atoms with Crippen LogP contribution in [0.4, 0.5) is 0 Å². The molecule has 0 radical (unpaired) electrons. The van der Waals surface area contributed by atoms with Crippen molar-refractivity contribution in [2.45, 2.75) is 25.8 Å². The summed E-state index contributed by atoms with van der Waals surface area (Å²) in [6.07, 6.45) is 0.124. The number of carbonyl (C=O) groups is 2. The van der Waals surface area contributed by atoms with Gasteiger partial charge >= 0.3 is 5.97 Å². The van der Waals surface area contributed by atoms with E-state index in [9.17, 15) is 9.59 Å². The second kappa shape index (κ2) is 2.47. The predicted molar refractivity (Wildman–Crippen MR) is 42.6 cm³/mol. The van der Waals surface area contributed by atoms with Crippen molar-refractivity contribution in [1.82, 2.24) is 4.90 Å². The zero-order valence-corrected chi connectivity index (χ0v) is 7.50. The van der Waals surface area contributed by atoms with Crippen molar-refractivity contribution in [2.75, 3.05) is 7.05 Å². The molecule has 1 amide bonds. The lowest BCUT2D eigenvalue weighted by molar-refractivity contribution is -0.144. The van der Waals surface area contributed by atoms with Gasteiger partial charge in [0.25, 0.3) is 0 Å². The zero-order chi connectivity index (χ0) is 9.52. The van der Waals surface area contributed by atoms with Gasteiger partial charge in [0.05, 0.1) is 11.5 Å². The fourth-order valence-corrected chi connectivity index (χ4v) is 1.51. The van der Waals surface area contributed by atoms with Crippen molar-refractivity contribution in [3.05, 3.63) is 0 Å². The Hall–Kier alpha value is -1.06. The SMILES string of the molecule is CN1C(=O)C[C@H](C(=O)O)C1(C)C. The van der Waals surface area contributed by atoms with Crippen LogP contribution in [0.15, 0.2) is 0 Å². The van der Waals surface area contributed by atoms with Crippen LogP contribution in [0.1, 0.15) is 20.3 Å². The highest BCUT2D eigenvalue weighted by atomic mass is 16.4. The first-order valence-corrected chi connectivity index (χ1v) is 3.87. The van der Waals surface area contributed by atoms with E-state index in [0.29, 0.717) is 0 Å². The first-order valence-electron chi connectivity index (χ1n) is 3.87. The Morgan fingerprint density at radius 3 is 2.33 bits per heavy atom. The summed E-state index contributed by atoms with van der Waals surface area (Å²) in [5.74, 6) is -1.56. The zero-order valence-electron chi connectivity index (χ0n) is 7.50. The van der Waals surface area contributed by atoms with E-state index in [1.165, 1.54) is 4.90 Å². The van der Waals surface area contributed by atoms with Gasteiger partial charge in [0.2, 0.25) is 5.91 Å². The van der Waals surface area contributed by atoms with E-state index < -0.39 is 17.4 Å². The van der Waals surface area contributed by atoms with E-state index in [0.717, 1.165) is 0 Å². The highest BCUT2D eigenvalue weighted by Crippen LogP contribution is 2.33. The molecule has 0 aromatic rings. The molecule has 1 heterocycles. The van der Waals surface area contributed by atoms with Crippen LogP contribution in [0.2, 0.25) is 0 Å². The average molecular weight is 171 g/mol. The van der Waals surface area contributed by atoms with Crippen LogP contribution < -0.4 is 0 Å². The third kappa shape index (κ3) is 1.07. The summed E-state index contributed by atoms with van der Waals surface area (Å²) in [5, 5.41) is 8.81. The Labute approximate surface area is 71.2 Å². The quantitative estimate of drug-likeness (QED) is 0.618. The highest BCUT2D eigenvalue weighted by Gasteiger charge is 2.47. The van der Waals surface area contributed by atoms with Gasteiger partial charge in [-0.1, -0.05) is 0 Å². The van der Waals surface area contributed by atoms with Crippen LogP contribution in [-0.4, -0.2) is 34.5 Å². The third-order valence-electron chi connectivity index (χ3n) is 2.77. The van der Waals surface area contributed by atoms with Crippen molar-refractivity contribution >= 4 is 11.9 Å². The standard InChI is InChI=1S/C8H13NO3/c1-8(2)5(7(11)12)4-6(10)9(8)3/h5H,4H2,1-3H3,(H,11,12)/t5-/m1/s1. The number of nitrogens with zero attached hydrogens (tertiary/aromatic N) is 1. The van der Waals surface area contributed by atoms with E-state index in [4.69, 9.17) is 5.11 Å². The van der Waals surface area contributed by atoms with Crippen LogP contribution in [0, 0.1) is 5.92 Å². The number of aliphatic carboxylic acids is 1. The molecule has 0 spiro atoms. The summed E-state index contributed by atoms with van der Waals surface area (Å²) in [6, 6.07) is 0. The fraction of sp³-hybridized carbons (Fsp3) is 0.750. The second-order valence-corrected chi connectivity index (χ2v) is 3.70. The van der Waals surface area contributed by atoms with Crippen molar-refractivity contribution in [1.29, 1.82) is 0 Å². The number of carbonyl (C=O) groups excluding carboxylic acids is 1. The molecular formula is C8H13NO3. The molecule has 1 N–H and O–H groups in total. The Balaban J connectivity index is 2.95. The van der Waals surface area contributed by atoms with Gasteiger partial charge in [-0.15, -0.1) is 0 Å². The minimum Gasteiger partial charge on any atom is -0.481 e. The molecule has 4 nitrogen and oxygen atoms in total. The van der Waals surface area contributed by atoms with Gasteiger partial charge in [-0.25, -0.2) is 0 Å². The molecule has 0 aliphatic carbocycles. The first-order chi connectivity index (χ1) is 5.37. The molecule has 1 saturated heterocycles. The van der Waals surface area contributed by atoms with Gasteiger partial charge in [0.15, 0.2) is 0 Å². The topological polar surface area (TPSA) is 57.6 Å². The van der Waals surface area contributed by atoms with Crippen molar-refractivity contribution in [3.8, 4) is 0 Å². The molecule has 0 aromatic heterocycles. The maximum atomic E-state index is 11.2. The number of amides is 1. The molecule has 0 aromatic carbocycles. The summed E-state index contributed by atoms with van der Waals surface area (Å²) in [5.41, 5.74) is -0.553. The summed E-state index contributed by atoms with van der Waals surface area (Å²) < 4.78 is 0. The van der Waals surface area contributed by atoms with Crippen molar-refractivity contribution in [2.24, 2.45) is 5.92 Å². The number of hydrogen-bond acceptors (Lipinski definition) is 2. The van der Waals surface area contributed by atoms with E-state index in [1.54, 1.807) is 20.9 Å². The van der Waals surface area contributed by atoms with Gasteiger partial charge in [0.1, 0.15) is 0 Å². The van der Waals surface area contributed by atoms with Gasteiger partial charge in [0, 0.05) is 13.5 Å². The summed E-state index contributed by atoms with van der Waals surface area (Å²) >= 11 is 0. The van der Waals surface area contributed by atoms with Crippen LogP contribution in [0.25, 0.3) is 0 Å². The Morgan fingerprint density at radius 2 is 2.17 bits per heavy atom. The lowest BCUT2D eigenvalue weighted by atomic mass is 9.89. The predicted octanol–water partition coefficient (Wildman–Crippen LogP) is 0.328. The Morgan fingerprint density at radius 1 is 1.67 bits per heavy atom. The lowest BCUT2D eigenvalue weighted by Crippen LogP contribution is -2.43. The molecule has 1 atom stereocenters. The maximum Gasteiger partial charge on any atom is 0.309 e. The molecular weight excluding hydrogens is 158 g/mol. The number of likely N-dealkylation sites (tertiary alicyclic amines) is 1. The van der Waals surface area contributed by atoms with Crippen LogP contribution >= 0.6 is 0 Å². The lowest BCUT2D eigenvalue weighted by Gasteiger charge is -2.30. The van der Waals surface area contributed by atoms with Gasteiger partial charge in [-0.3, -0.25) is 9.59 Å². The Kier molecular flexibility index (Phi) is 1.86. The van der Waals surface area contributed by atoms with E-state index >= 15 is 0 Å². The first kappa shape index (κ1) is 9.03. The molecule has 1 aliphatic rings. The van der Waals surface area contributed by atoms with E-state index in [-0.39, 0.29) is 12.3 Å². The average Bonchev–Trinajstić information content (AvgIpc) is 2.13. The maximum absolute atomic E-state index is 11.2. The fourth-order valence-electron chi connectivity index (χ4n) is 1.51. The van der Waals surface area contributed by atoms with Crippen molar-refractivity contribution < 1.29 is 14.7 Å². The smallest absolute Gasteiger partial charge is 0.309 e. The molecule has 68 valence electrons. The highest BCUT2D eigenvalue weighted by molar-refractivity contribution is 5.87. The van der Waals surface area contributed by atoms with Crippen LogP contribution in [-0.2, 0) is 9.59 Å². The van der Waals surface area contributed by atoms with E-state index in [1.807, 2.05) is 0 Å². The molecule has 1 fully saturated rings. The number of rotatable bonds is 1. The van der Waals surface area contributed by atoms with E-state index in [2.05, 4.69) is 0 Å². The summed E-state index contributed by atoms with van der Waals surface area (Å²) in [4.78, 5) is 23.4. The van der Waals surface area contributed by atoms with Gasteiger partial charge in [-0.05, 0) is 13.8 Å². The summed E-state index contributed by atoms with van der Waals surface area (Å²) in [6.45, 7) is 3.55. The second-order valence-electron chi connectivity index (χ2n) is 3.70.